The van der Waals surface area contributed by atoms with Crippen LogP contribution < -0.4 is 32.2 Å². The van der Waals surface area contributed by atoms with Crippen molar-refractivity contribution >= 4 is 46.3 Å². The summed E-state index contributed by atoms with van der Waals surface area (Å²) in [5.74, 6) is 0.667. The van der Waals surface area contributed by atoms with Gasteiger partial charge in [-0.05, 0) is 72.7 Å². The Morgan fingerprint density at radius 1 is 0.627 bits per heavy atom. The van der Waals surface area contributed by atoms with Gasteiger partial charge in [-0.25, -0.2) is 4.79 Å². The first-order chi connectivity index (χ1) is 32.7. The molecule has 4 aromatic rings. The highest BCUT2D eigenvalue weighted by atomic mass is 32.1. The molecule has 0 fully saturated rings. The fourth-order valence-corrected chi connectivity index (χ4v) is 7.41. The van der Waals surface area contributed by atoms with Crippen LogP contribution in [-0.2, 0) is 54.7 Å². The number of esters is 1. The quantitative estimate of drug-likeness (QED) is 0.0138. The van der Waals surface area contributed by atoms with Gasteiger partial charge in [0.25, 0.3) is 0 Å². The minimum atomic E-state index is -1.23. The summed E-state index contributed by atoms with van der Waals surface area (Å²) in [6, 6.07) is 22.9. The number of ether oxygens (including phenoxy) is 10. The van der Waals surface area contributed by atoms with E-state index in [9.17, 15) is 14.7 Å². The van der Waals surface area contributed by atoms with Crippen molar-refractivity contribution in [3.8, 4) is 17.2 Å². The second kappa shape index (κ2) is 27.3. The van der Waals surface area contributed by atoms with Gasteiger partial charge >= 0.3 is 5.97 Å². The van der Waals surface area contributed by atoms with E-state index in [1.165, 1.54) is 0 Å². The smallest absolute Gasteiger partial charge is 0.340 e. The summed E-state index contributed by atoms with van der Waals surface area (Å²) in [5.41, 5.74) is 16.0. The number of hydrogen-bond acceptors (Lipinski definition) is 15. The minimum absolute atomic E-state index is 0.0629. The van der Waals surface area contributed by atoms with Crippen LogP contribution in [0.25, 0.3) is 0 Å². The van der Waals surface area contributed by atoms with Gasteiger partial charge in [-0.1, -0.05) is 18.2 Å². The number of nitrogens with one attached hydrogen (secondary N) is 3. The molecular weight excluding hydrogens is 887 g/mol. The highest BCUT2D eigenvalue weighted by molar-refractivity contribution is 7.80. The van der Waals surface area contributed by atoms with E-state index < -0.39 is 11.6 Å². The lowest BCUT2D eigenvalue weighted by atomic mass is 9.77. The van der Waals surface area contributed by atoms with Crippen molar-refractivity contribution in [3.05, 3.63) is 107 Å². The third-order valence-electron chi connectivity index (χ3n) is 10.4. The summed E-state index contributed by atoms with van der Waals surface area (Å²) in [4.78, 5) is 25.3. The molecule has 0 atom stereocenters. The number of hydrogen-bond donors (Lipinski definition) is 6. The van der Waals surface area contributed by atoms with Crippen LogP contribution in [0.15, 0.2) is 78.9 Å². The number of carbonyl (C=O) groups excluding carboxylic acids is 2. The molecule has 2 aliphatic rings. The Morgan fingerprint density at radius 3 is 1.73 bits per heavy atom. The molecule has 6 rings (SSSR count). The Kier molecular flexibility index (Phi) is 20.7. The lowest BCUT2D eigenvalue weighted by molar-refractivity contribution is -0.122. The van der Waals surface area contributed by atoms with Crippen molar-refractivity contribution in [1.29, 1.82) is 0 Å². The molecule has 0 saturated heterocycles. The third kappa shape index (κ3) is 15.7. The van der Waals surface area contributed by atoms with Crippen molar-refractivity contribution in [2.24, 2.45) is 0 Å². The molecule has 0 unspecified atom stereocenters. The van der Waals surface area contributed by atoms with Crippen molar-refractivity contribution < 1.29 is 62.1 Å². The molecule has 362 valence electrons. The number of nitrogen functional groups attached to an aromatic ring is 2. The first-order valence-electron chi connectivity index (χ1n) is 22.4. The number of thiocarbonyl (C=S) groups is 1. The van der Waals surface area contributed by atoms with E-state index in [2.05, 4.69) is 20.7 Å². The van der Waals surface area contributed by atoms with Crippen LogP contribution >= 0.6 is 12.2 Å². The van der Waals surface area contributed by atoms with Gasteiger partial charge in [-0.2, -0.15) is 0 Å². The number of nitrogens with two attached hydrogens (primary N) is 2. The predicted molar refractivity (Wildman–Crippen MR) is 255 cm³/mol. The second-order valence-corrected chi connectivity index (χ2v) is 15.7. The molecule has 0 aliphatic carbocycles. The fourth-order valence-electron chi connectivity index (χ4n) is 7.19. The molecule has 1 amide bonds. The first-order valence-corrected chi connectivity index (χ1v) is 22.8. The Morgan fingerprint density at radius 2 is 1.15 bits per heavy atom. The first kappa shape index (κ1) is 50.8. The third-order valence-corrected chi connectivity index (χ3v) is 10.7. The molecule has 2 heterocycles. The van der Waals surface area contributed by atoms with E-state index in [0.29, 0.717) is 181 Å². The normalized spacial score (nSPS) is 13.0. The molecule has 0 aromatic heterocycles. The van der Waals surface area contributed by atoms with Gasteiger partial charge in [0.2, 0.25) is 5.91 Å². The Bertz CT molecular complexity index is 2150. The van der Waals surface area contributed by atoms with Gasteiger partial charge in [0, 0.05) is 65.4 Å². The zero-order valence-corrected chi connectivity index (χ0v) is 38.4. The van der Waals surface area contributed by atoms with E-state index in [1.807, 2.05) is 36.4 Å². The van der Waals surface area contributed by atoms with Crippen molar-refractivity contribution in [3.63, 3.8) is 0 Å². The van der Waals surface area contributed by atoms with E-state index in [0.717, 1.165) is 5.56 Å². The maximum absolute atomic E-state index is 13.4. The SMILES string of the molecule is Nc1ccc2c(c1)Oc1cc(N)ccc1C21OC(=O)c2cc(NC(=S)NCCOCCOCCOCC[OH+]CCOCCOCCOCCOCCC(=O)NCCc3ccc(O)cc3)ccc21. The summed E-state index contributed by atoms with van der Waals surface area (Å²) in [5, 5.41) is 18.8. The van der Waals surface area contributed by atoms with Crippen LogP contribution in [0.3, 0.4) is 0 Å². The number of fused-ring (bicyclic) bond motifs is 6. The number of phenolic OH excluding ortho intramolecular Hbond substituents is 1. The summed E-state index contributed by atoms with van der Waals surface area (Å²) in [6.45, 7) is 8.39. The highest BCUT2D eigenvalue weighted by Crippen LogP contribution is 2.56. The van der Waals surface area contributed by atoms with Crippen LogP contribution in [0.4, 0.5) is 17.1 Å². The topological polar surface area (TPSA) is 238 Å². The van der Waals surface area contributed by atoms with Crippen LogP contribution in [-0.4, -0.2) is 146 Å². The lowest BCUT2D eigenvalue weighted by Gasteiger charge is -2.36. The summed E-state index contributed by atoms with van der Waals surface area (Å²) in [7, 11) is 0. The minimum Gasteiger partial charge on any atom is -0.508 e. The van der Waals surface area contributed by atoms with Gasteiger partial charge in [0.05, 0.1) is 84.8 Å². The Balaban J connectivity index is 0.686. The van der Waals surface area contributed by atoms with Crippen molar-refractivity contribution in [1.82, 2.24) is 10.6 Å². The molecule has 19 heteroatoms. The van der Waals surface area contributed by atoms with Gasteiger partial charge in [0.1, 0.15) is 30.5 Å². The highest BCUT2D eigenvalue weighted by Gasteiger charge is 2.53. The predicted octanol–water partition coefficient (Wildman–Crippen LogP) is 3.80. The van der Waals surface area contributed by atoms with E-state index in [4.69, 9.17) is 66.3 Å². The van der Waals surface area contributed by atoms with Crippen molar-refractivity contribution in [2.75, 3.05) is 136 Å². The molecule has 1 spiro atoms. The molecule has 9 N–H and O–H groups in total. The van der Waals surface area contributed by atoms with Crippen LogP contribution in [0.1, 0.15) is 39.0 Å². The fraction of sp³-hybridized carbons (Fsp3) is 0.438. The van der Waals surface area contributed by atoms with Crippen molar-refractivity contribution in [2.45, 2.75) is 18.4 Å². The molecule has 18 nitrogen and oxygen atoms in total. The summed E-state index contributed by atoms with van der Waals surface area (Å²) < 4.78 is 55.6. The number of aromatic hydroxyl groups is 1. The second-order valence-electron chi connectivity index (χ2n) is 15.3. The van der Waals surface area contributed by atoms with Crippen LogP contribution in [0, 0.1) is 0 Å². The number of amides is 1. The number of phenols is 1. The summed E-state index contributed by atoms with van der Waals surface area (Å²) in [6.07, 6.45) is 0.989. The number of rotatable bonds is 31. The average Bonchev–Trinajstić information content (AvgIpc) is 3.59. The van der Waals surface area contributed by atoms with E-state index in [-0.39, 0.29) is 18.1 Å². The zero-order valence-electron chi connectivity index (χ0n) is 37.6. The summed E-state index contributed by atoms with van der Waals surface area (Å²) >= 11 is 5.49. The number of benzene rings is 4. The maximum Gasteiger partial charge on any atom is 0.340 e. The number of aliphatic hydroxyl groups is 2. The molecule has 0 bridgehead atoms. The molecule has 0 saturated carbocycles. The molecular formula is C48H62N5O13S+. The average molecular weight is 949 g/mol. The molecule has 4 aromatic carbocycles. The van der Waals surface area contributed by atoms with E-state index >= 15 is 0 Å². The molecule has 67 heavy (non-hydrogen) atoms. The molecule has 0 radical (unpaired) electrons. The Labute approximate surface area is 395 Å². The van der Waals surface area contributed by atoms with Gasteiger partial charge in [-0.3, -0.25) is 4.79 Å². The van der Waals surface area contributed by atoms with E-state index in [1.54, 1.807) is 42.5 Å². The van der Waals surface area contributed by atoms with Crippen LogP contribution in [0.2, 0.25) is 0 Å². The van der Waals surface area contributed by atoms with Crippen LogP contribution in [0.5, 0.6) is 17.2 Å². The number of carbonyl (C=O) groups is 2. The Hall–Kier alpha value is -5.61. The van der Waals surface area contributed by atoms with Gasteiger partial charge in [-0.15, -0.1) is 0 Å². The zero-order chi connectivity index (χ0) is 47.1. The number of anilines is 3. The standard InChI is InChI=1S/C48H61N5O13S/c49-35-3-8-41-43(31-35)65-44-32-36(50)4-9-42(44)48(41)40-10-5-37(33-39(40)46(56)66-48)53-47(67)52-14-16-58-18-20-60-22-24-62-26-28-64-30-29-63-27-25-61-23-21-59-19-17-57-15-12-45(55)51-13-11-34-1-6-38(54)7-2-34/h1-10,31-33,54H,11-30,49-50H2,(H,51,55)(H2,52,53,67)/p+1. The van der Waals surface area contributed by atoms with Gasteiger partial charge in [0.15, 0.2) is 23.9 Å². The lowest BCUT2D eigenvalue weighted by Crippen LogP contribution is -2.33. The molecule has 2 aliphatic heterocycles. The largest absolute Gasteiger partial charge is 0.508 e. The monoisotopic (exact) mass is 948 g/mol. The van der Waals surface area contributed by atoms with Gasteiger partial charge < -0.3 is 79.9 Å². The maximum atomic E-state index is 13.4.